The van der Waals surface area contributed by atoms with Crippen LogP contribution in [0.5, 0.6) is 0 Å². The zero-order chi connectivity index (χ0) is 12.7. The Balaban J connectivity index is 2.28. The molecule has 98 valence electrons. The van der Waals surface area contributed by atoms with Crippen molar-refractivity contribution < 1.29 is 9.59 Å². The zero-order valence-corrected chi connectivity index (χ0v) is 11.2. The van der Waals surface area contributed by atoms with E-state index in [0.29, 0.717) is 25.3 Å². The first-order chi connectivity index (χ1) is 8.15. The Bertz CT molecular complexity index is 257. The molecule has 0 unspecified atom stereocenters. The Hall–Kier alpha value is -0.860. The van der Waals surface area contributed by atoms with E-state index in [-0.39, 0.29) is 11.7 Å². The fraction of sp³-hybridized carbons (Fsp3) is 0.857. The highest BCUT2D eigenvalue weighted by Crippen LogP contribution is 2.22. The van der Waals surface area contributed by atoms with Crippen LogP contribution in [0.2, 0.25) is 0 Å². The van der Waals surface area contributed by atoms with E-state index in [0.717, 1.165) is 19.3 Å². The molecule has 1 aliphatic rings. The molecule has 17 heavy (non-hydrogen) atoms. The molecule has 0 aromatic heterocycles. The molecule has 0 aromatic rings. The van der Waals surface area contributed by atoms with E-state index in [1.807, 2.05) is 18.9 Å². The van der Waals surface area contributed by atoms with Crippen molar-refractivity contribution in [1.82, 2.24) is 4.90 Å². The summed E-state index contributed by atoms with van der Waals surface area (Å²) in [5, 5.41) is 0. The van der Waals surface area contributed by atoms with Gasteiger partial charge in [-0.15, -0.1) is 0 Å². The summed E-state index contributed by atoms with van der Waals surface area (Å²) in [6.45, 7) is 1.99. The minimum Gasteiger partial charge on any atom is -0.343 e. The number of amides is 1. The lowest BCUT2D eigenvalue weighted by molar-refractivity contribution is -0.134. The first kappa shape index (κ1) is 14.2. The monoisotopic (exact) mass is 239 g/mol. The van der Waals surface area contributed by atoms with Crippen molar-refractivity contribution in [1.29, 1.82) is 0 Å². The van der Waals surface area contributed by atoms with Crippen LogP contribution in [-0.4, -0.2) is 29.7 Å². The van der Waals surface area contributed by atoms with Gasteiger partial charge in [-0.3, -0.25) is 9.59 Å². The molecular formula is C14H25NO2. The van der Waals surface area contributed by atoms with Gasteiger partial charge in [-0.25, -0.2) is 0 Å². The lowest BCUT2D eigenvalue weighted by Crippen LogP contribution is -2.38. The molecule has 0 aliphatic heterocycles. The summed E-state index contributed by atoms with van der Waals surface area (Å²) in [7, 11) is 1.89. The van der Waals surface area contributed by atoms with Crippen molar-refractivity contribution in [2.75, 3.05) is 7.05 Å². The third kappa shape index (κ3) is 4.88. The third-order valence-corrected chi connectivity index (χ3v) is 3.66. The topological polar surface area (TPSA) is 37.4 Å². The van der Waals surface area contributed by atoms with Crippen molar-refractivity contribution in [3.63, 3.8) is 0 Å². The predicted molar refractivity (Wildman–Crippen MR) is 68.8 cm³/mol. The van der Waals surface area contributed by atoms with Crippen molar-refractivity contribution in [2.24, 2.45) is 0 Å². The van der Waals surface area contributed by atoms with Gasteiger partial charge in [-0.1, -0.05) is 26.2 Å². The number of carbonyl (C=O) groups excluding carboxylic acids is 2. The van der Waals surface area contributed by atoms with Crippen LogP contribution in [0, 0.1) is 0 Å². The number of carbonyl (C=O) groups is 2. The number of ketones is 1. The van der Waals surface area contributed by atoms with Gasteiger partial charge < -0.3 is 4.90 Å². The Morgan fingerprint density at radius 1 is 1.06 bits per heavy atom. The summed E-state index contributed by atoms with van der Waals surface area (Å²) in [4.78, 5) is 25.2. The minimum atomic E-state index is 0.140. The SMILES string of the molecule is CCCC(=O)CCC(=O)N(C)C1CCCCC1. The zero-order valence-electron chi connectivity index (χ0n) is 11.2. The van der Waals surface area contributed by atoms with Gasteiger partial charge in [0.05, 0.1) is 0 Å². The van der Waals surface area contributed by atoms with Gasteiger partial charge in [0, 0.05) is 32.4 Å². The first-order valence-electron chi connectivity index (χ1n) is 6.92. The van der Waals surface area contributed by atoms with E-state index in [4.69, 9.17) is 0 Å². The molecule has 1 rings (SSSR count). The van der Waals surface area contributed by atoms with E-state index in [2.05, 4.69) is 0 Å². The highest BCUT2D eigenvalue weighted by Gasteiger charge is 2.21. The Kier molecular flexibility index (Phi) is 6.23. The van der Waals surface area contributed by atoms with Gasteiger partial charge in [0.2, 0.25) is 5.91 Å². The molecule has 0 radical (unpaired) electrons. The molecule has 0 aromatic carbocycles. The molecule has 0 heterocycles. The summed E-state index contributed by atoms with van der Waals surface area (Å²) in [6.07, 6.45) is 8.33. The highest BCUT2D eigenvalue weighted by molar-refractivity contribution is 5.84. The quantitative estimate of drug-likeness (QED) is 0.714. The average molecular weight is 239 g/mol. The van der Waals surface area contributed by atoms with Crippen molar-refractivity contribution in [2.45, 2.75) is 70.8 Å². The molecule has 1 amide bonds. The van der Waals surface area contributed by atoms with Crippen LogP contribution in [-0.2, 0) is 9.59 Å². The molecule has 0 saturated heterocycles. The van der Waals surface area contributed by atoms with Crippen LogP contribution in [0.4, 0.5) is 0 Å². The highest BCUT2D eigenvalue weighted by atomic mass is 16.2. The Labute approximate surface area is 105 Å². The fourth-order valence-electron chi connectivity index (χ4n) is 2.50. The van der Waals surface area contributed by atoms with Crippen LogP contribution >= 0.6 is 0 Å². The second kappa shape index (κ2) is 7.46. The molecule has 0 spiro atoms. The number of nitrogens with zero attached hydrogens (tertiary/aromatic N) is 1. The van der Waals surface area contributed by atoms with E-state index < -0.39 is 0 Å². The maximum Gasteiger partial charge on any atom is 0.223 e. The third-order valence-electron chi connectivity index (χ3n) is 3.66. The van der Waals surface area contributed by atoms with E-state index in [1.165, 1.54) is 19.3 Å². The number of hydrogen-bond donors (Lipinski definition) is 0. The molecule has 0 bridgehead atoms. The van der Waals surface area contributed by atoms with Crippen molar-refractivity contribution in [3.8, 4) is 0 Å². The van der Waals surface area contributed by atoms with Crippen LogP contribution < -0.4 is 0 Å². The van der Waals surface area contributed by atoms with Gasteiger partial charge >= 0.3 is 0 Å². The van der Waals surface area contributed by atoms with Gasteiger partial charge in [0.15, 0.2) is 0 Å². The second-order valence-electron chi connectivity index (χ2n) is 5.09. The van der Waals surface area contributed by atoms with E-state index in [9.17, 15) is 9.59 Å². The van der Waals surface area contributed by atoms with Crippen molar-refractivity contribution >= 4 is 11.7 Å². The van der Waals surface area contributed by atoms with E-state index in [1.54, 1.807) is 0 Å². The average Bonchev–Trinajstić information content (AvgIpc) is 2.36. The number of hydrogen-bond acceptors (Lipinski definition) is 2. The standard InChI is InChI=1S/C14H25NO2/c1-3-7-13(16)10-11-14(17)15(2)12-8-5-4-6-9-12/h12H,3-11H2,1-2H3. The lowest BCUT2D eigenvalue weighted by atomic mass is 9.94. The summed E-state index contributed by atoms with van der Waals surface area (Å²) < 4.78 is 0. The van der Waals surface area contributed by atoms with Crippen molar-refractivity contribution in [3.05, 3.63) is 0 Å². The smallest absolute Gasteiger partial charge is 0.223 e. The van der Waals surface area contributed by atoms with E-state index >= 15 is 0 Å². The second-order valence-corrected chi connectivity index (χ2v) is 5.09. The number of Topliss-reactive ketones (excluding diaryl/α,β-unsaturated/α-hetero) is 1. The Morgan fingerprint density at radius 2 is 1.71 bits per heavy atom. The summed E-state index contributed by atoms with van der Waals surface area (Å²) in [6, 6.07) is 0.414. The van der Waals surface area contributed by atoms with Crippen LogP contribution in [0.1, 0.15) is 64.7 Å². The summed E-state index contributed by atoms with van der Waals surface area (Å²) in [5.74, 6) is 0.360. The van der Waals surface area contributed by atoms with Crippen LogP contribution in [0.3, 0.4) is 0 Å². The molecule has 1 saturated carbocycles. The molecule has 1 aliphatic carbocycles. The van der Waals surface area contributed by atoms with Crippen LogP contribution in [0.15, 0.2) is 0 Å². The van der Waals surface area contributed by atoms with Gasteiger partial charge in [-0.05, 0) is 19.3 Å². The van der Waals surface area contributed by atoms with Gasteiger partial charge in [-0.2, -0.15) is 0 Å². The normalized spacial score (nSPS) is 16.8. The first-order valence-corrected chi connectivity index (χ1v) is 6.92. The van der Waals surface area contributed by atoms with Crippen LogP contribution in [0.25, 0.3) is 0 Å². The molecule has 3 heteroatoms. The number of rotatable bonds is 6. The Morgan fingerprint density at radius 3 is 2.29 bits per heavy atom. The maximum absolute atomic E-state index is 11.9. The minimum absolute atomic E-state index is 0.140. The molecule has 0 N–H and O–H groups in total. The summed E-state index contributed by atoms with van der Waals surface area (Å²) in [5.41, 5.74) is 0. The summed E-state index contributed by atoms with van der Waals surface area (Å²) >= 11 is 0. The molecule has 3 nitrogen and oxygen atoms in total. The largest absolute Gasteiger partial charge is 0.343 e. The molecular weight excluding hydrogens is 214 g/mol. The molecule has 0 atom stereocenters. The van der Waals surface area contributed by atoms with Gasteiger partial charge in [0.1, 0.15) is 5.78 Å². The van der Waals surface area contributed by atoms with Gasteiger partial charge in [0.25, 0.3) is 0 Å². The maximum atomic E-state index is 11.9. The lowest BCUT2D eigenvalue weighted by Gasteiger charge is -2.31. The predicted octanol–water partition coefficient (Wildman–Crippen LogP) is 2.93. The fourth-order valence-corrected chi connectivity index (χ4v) is 2.50. The molecule has 1 fully saturated rings.